The van der Waals surface area contributed by atoms with Gasteiger partial charge in [0.15, 0.2) is 0 Å². The van der Waals surface area contributed by atoms with E-state index in [1.807, 2.05) is 48.5 Å². The van der Waals surface area contributed by atoms with Gasteiger partial charge in [0.05, 0.1) is 5.75 Å². The largest absolute Gasteiger partial charge is 0.338 e. The van der Waals surface area contributed by atoms with Crippen LogP contribution in [0.25, 0.3) is 0 Å². The summed E-state index contributed by atoms with van der Waals surface area (Å²) in [7, 11) is -3.46. The number of piperidine rings is 1. The van der Waals surface area contributed by atoms with Crippen LogP contribution in [0.5, 0.6) is 0 Å². The van der Waals surface area contributed by atoms with Gasteiger partial charge in [0, 0.05) is 39.1 Å². The van der Waals surface area contributed by atoms with E-state index in [1.165, 1.54) is 4.31 Å². The molecular formula is C24H29N3O4S. The molecule has 2 aromatic rings. The summed E-state index contributed by atoms with van der Waals surface area (Å²) >= 11 is 0. The summed E-state index contributed by atoms with van der Waals surface area (Å²) in [6.07, 6.45) is 2.19. The molecule has 2 heterocycles. The molecular weight excluding hydrogens is 426 g/mol. The van der Waals surface area contributed by atoms with E-state index in [9.17, 15) is 18.0 Å². The van der Waals surface area contributed by atoms with Gasteiger partial charge in [0.25, 0.3) is 0 Å². The van der Waals surface area contributed by atoms with E-state index >= 15 is 0 Å². The molecule has 2 saturated heterocycles. The first kappa shape index (κ1) is 22.5. The second kappa shape index (κ2) is 9.83. The molecule has 0 spiro atoms. The fourth-order valence-corrected chi connectivity index (χ4v) is 5.94. The summed E-state index contributed by atoms with van der Waals surface area (Å²) in [5.41, 5.74) is 1.55. The van der Waals surface area contributed by atoms with Crippen molar-refractivity contribution >= 4 is 21.8 Å². The molecule has 7 nitrogen and oxygen atoms in total. The topological polar surface area (TPSA) is 78.0 Å². The Morgan fingerprint density at radius 2 is 1.47 bits per heavy atom. The molecule has 170 valence electrons. The maximum atomic E-state index is 13.6. The van der Waals surface area contributed by atoms with Gasteiger partial charge in [-0.2, -0.15) is 4.31 Å². The molecule has 0 aromatic heterocycles. The predicted molar refractivity (Wildman–Crippen MR) is 122 cm³/mol. The van der Waals surface area contributed by atoms with Crippen molar-refractivity contribution in [3.63, 3.8) is 0 Å². The van der Waals surface area contributed by atoms with Crippen molar-refractivity contribution in [3.05, 3.63) is 71.8 Å². The van der Waals surface area contributed by atoms with Crippen molar-refractivity contribution in [2.75, 3.05) is 32.7 Å². The summed E-state index contributed by atoms with van der Waals surface area (Å²) < 4.78 is 27.2. The number of rotatable bonds is 6. The molecule has 0 radical (unpaired) electrons. The molecule has 0 saturated carbocycles. The molecule has 8 heteroatoms. The van der Waals surface area contributed by atoms with E-state index < -0.39 is 16.1 Å². The molecule has 0 bridgehead atoms. The summed E-state index contributed by atoms with van der Waals surface area (Å²) in [5, 5.41) is 0. The van der Waals surface area contributed by atoms with E-state index in [4.69, 9.17) is 0 Å². The van der Waals surface area contributed by atoms with Crippen LogP contribution in [0.3, 0.4) is 0 Å². The molecule has 1 unspecified atom stereocenters. The molecule has 2 fully saturated rings. The molecule has 32 heavy (non-hydrogen) atoms. The first-order chi connectivity index (χ1) is 15.5. The van der Waals surface area contributed by atoms with Gasteiger partial charge in [-0.3, -0.25) is 9.59 Å². The van der Waals surface area contributed by atoms with E-state index in [-0.39, 0.29) is 30.7 Å². The predicted octanol–water partition coefficient (Wildman–Crippen LogP) is 2.41. The fraction of sp³-hybridized carbons (Fsp3) is 0.417. The van der Waals surface area contributed by atoms with Crippen LogP contribution in [0, 0.1) is 0 Å². The highest BCUT2D eigenvalue weighted by Crippen LogP contribution is 2.28. The smallest absolute Gasteiger partial charge is 0.250 e. The Labute approximate surface area is 189 Å². The minimum atomic E-state index is -3.46. The molecule has 0 aliphatic carbocycles. The van der Waals surface area contributed by atoms with E-state index in [1.54, 1.807) is 21.9 Å². The average Bonchev–Trinajstić information content (AvgIpc) is 2.81. The number of benzene rings is 2. The number of hydrogen-bond acceptors (Lipinski definition) is 4. The molecule has 2 amide bonds. The first-order valence-electron chi connectivity index (χ1n) is 11.1. The van der Waals surface area contributed by atoms with Crippen molar-refractivity contribution in [1.29, 1.82) is 0 Å². The van der Waals surface area contributed by atoms with Crippen molar-refractivity contribution in [1.82, 2.24) is 14.1 Å². The van der Waals surface area contributed by atoms with Crippen molar-refractivity contribution < 1.29 is 18.0 Å². The summed E-state index contributed by atoms with van der Waals surface area (Å²) in [5.74, 6) is -0.175. The molecule has 2 aliphatic heterocycles. The molecule has 4 rings (SSSR count). The number of nitrogens with zero attached hydrogens (tertiary/aromatic N) is 3. The Morgan fingerprint density at radius 1 is 0.844 bits per heavy atom. The number of piperazine rings is 1. The van der Waals surface area contributed by atoms with Crippen LogP contribution in [-0.4, -0.2) is 67.1 Å². The highest BCUT2D eigenvalue weighted by Gasteiger charge is 2.37. The van der Waals surface area contributed by atoms with Crippen LogP contribution in [0.2, 0.25) is 0 Å². The Morgan fingerprint density at radius 3 is 2.09 bits per heavy atom. The number of sulfonamides is 1. The van der Waals surface area contributed by atoms with Gasteiger partial charge in [0.2, 0.25) is 21.8 Å². The normalized spacial score (nSPS) is 19.1. The highest BCUT2D eigenvalue weighted by atomic mass is 32.2. The number of amides is 2. The second-order valence-corrected chi connectivity index (χ2v) is 10.3. The lowest BCUT2D eigenvalue weighted by atomic mass is 9.99. The van der Waals surface area contributed by atoms with Gasteiger partial charge >= 0.3 is 0 Å². The quantitative estimate of drug-likeness (QED) is 0.670. The van der Waals surface area contributed by atoms with Crippen LogP contribution in [0.1, 0.15) is 36.4 Å². The molecule has 1 atom stereocenters. The van der Waals surface area contributed by atoms with Crippen molar-refractivity contribution in [3.8, 4) is 0 Å². The molecule has 2 aliphatic rings. The second-order valence-electron chi connectivity index (χ2n) is 8.32. The van der Waals surface area contributed by atoms with Crippen LogP contribution in [0.15, 0.2) is 60.7 Å². The van der Waals surface area contributed by atoms with Crippen LogP contribution in [0.4, 0.5) is 0 Å². The minimum Gasteiger partial charge on any atom is -0.338 e. The first-order valence-corrected chi connectivity index (χ1v) is 12.7. The zero-order chi connectivity index (χ0) is 22.6. The van der Waals surface area contributed by atoms with Crippen LogP contribution in [-0.2, 0) is 25.4 Å². The van der Waals surface area contributed by atoms with Gasteiger partial charge in [-0.05, 0) is 24.0 Å². The van der Waals surface area contributed by atoms with Gasteiger partial charge in [-0.15, -0.1) is 0 Å². The monoisotopic (exact) mass is 455 g/mol. The Hall–Kier alpha value is -2.71. The zero-order valence-corrected chi connectivity index (χ0v) is 18.9. The summed E-state index contributed by atoms with van der Waals surface area (Å²) in [4.78, 5) is 29.6. The van der Waals surface area contributed by atoms with Gasteiger partial charge in [-0.1, -0.05) is 60.7 Å². The average molecular weight is 456 g/mol. The third-order valence-electron chi connectivity index (χ3n) is 6.16. The maximum absolute atomic E-state index is 13.6. The van der Waals surface area contributed by atoms with E-state index in [0.717, 1.165) is 24.0 Å². The third-order valence-corrected chi connectivity index (χ3v) is 8.01. The lowest BCUT2D eigenvalue weighted by molar-refractivity contribution is -0.148. The minimum absolute atomic E-state index is 0.00234. The number of carbonyl (C=O) groups is 2. The molecule has 2 aromatic carbocycles. The highest BCUT2D eigenvalue weighted by molar-refractivity contribution is 7.88. The Kier molecular flexibility index (Phi) is 6.91. The lowest BCUT2D eigenvalue weighted by Crippen LogP contribution is -2.54. The number of likely N-dealkylation sites (tertiary alicyclic amines) is 1. The zero-order valence-electron chi connectivity index (χ0n) is 18.1. The Balaban J connectivity index is 1.46. The Bertz CT molecular complexity index is 1040. The van der Waals surface area contributed by atoms with E-state index in [0.29, 0.717) is 26.1 Å². The standard InChI is InChI=1S/C24H29N3O4S/c28-22-13-7-8-14-27(22)23(21-11-5-2-6-12-21)24(29)25-15-17-26(18-16-25)32(30,31)19-20-9-3-1-4-10-20/h1-6,9-12,23H,7-8,13-19H2. The third kappa shape index (κ3) is 5.02. The lowest BCUT2D eigenvalue weighted by Gasteiger charge is -2.40. The van der Waals surface area contributed by atoms with Gasteiger partial charge in [-0.25, -0.2) is 8.42 Å². The number of hydrogen-bond donors (Lipinski definition) is 0. The SMILES string of the molecule is O=C(C(c1ccccc1)N1CCCCC1=O)N1CCN(S(=O)(=O)Cc2ccccc2)CC1. The summed E-state index contributed by atoms with van der Waals surface area (Å²) in [6.45, 7) is 1.72. The van der Waals surface area contributed by atoms with Crippen molar-refractivity contribution in [2.24, 2.45) is 0 Å². The summed E-state index contributed by atoms with van der Waals surface area (Å²) in [6, 6.07) is 17.9. The van der Waals surface area contributed by atoms with Gasteiger partial charge in [0.1, 0.15) is 6.04 Å². The van der Waals surface area contributed by atoms with Gasteiger partial charge < -0.3 is 9.80 Å². The van der Waals surface area contributed by atoms with E-state index in [2.05, 4.69) is 0 Å². The van der Waals surface area contributed by atoms with Crippen LogP contribution >= 0.6 is 0 Å². The van der Waals surface area contributed by atoms with Crippen LogP contribution < -0.4 is 0 Å². The fourth-order valence-electron chi connectivity index (χ4n) is 4.43. The maximum Gasteiger partial charge on any atom is 0.250 e. The number of carbonyl (C=O) groups excluding carboxylic acids is 2. The van der Waals surface area contributed by atoms with Crippen molar-refractivity contribution in [2.45, 2.75) is 31.1 Å². The molecule has 0 N–H and O–H groups in total.